The van der Waals surface area contributed by atoms with Crippen LogP contribution in [-0.4, -0.2) is 67.0 Å². The molecule has 0 aliphatic heterocycles. The second kappa shape index (κ2) is 13.2. The molecule has 0 N–H and O–H groups in total. The van der Waals surface area contributed by atoms with Crippen molar-refractivity contribution in [1.82, 2.24) is 0 Å². The zero-order chi connectivity index (χ0) is 22.6. The fraction of sp³-hybridized carbons (Fsp3) is 1.00. The Morgan fingerprint density at radius 2 is 0.966 bits per heavy atom. The molecule has 0 aliphatic carbocycles. The molecule has 0 rings (SSSR count). The zero-order valence-corrected chi connectivity index (χ0v) is 20.5. The molecule has 0 spiro atoms. The summed E-state index contributed by atoms with van der Waals surface area (Å²) < 4.78 is 65.5. The van der Waals surface area contributed by atoms with E-state index < -0.39 is 20.2 Å². The van der Waals surface area contributed by atoms with Crippen molar-refractivity contribution in [2.75, 3.05) is 38.9 Å². The monoisotopic (exact) mass is 460 g/mol. The van der Waals surface area contributed by atoms with Gasteiger partial charge in [-0.2, -0.15) is 16.8 Å². The van der Waals surface area contributed by atoms with E-state index in [1.807, 2.05) is 13.8 Å². The molecule has 0 fully saturated rings. The molecule has 29 heavy (non-hydrogen) atoms. The predicted octanol–water partition coefficient (Wildman–Crippen LogP) is 3.26. The van der Waals surface area contributed by atoms with Gasteiger partial charge in [0.25, 0.3) is 20.2 Å². The Balaban J connectivity index is 4.19. The maximum Gasteiger partial charge on any atom is 0.264 e. The van der Waals surface area contributed by atoms with Crippen molar-refractivity contribution in [1.29, 1.82) is 0 Å². The van der Waals surface area contributed by atoms with Crippen molar-refractivity contribution in [2.24, 2.45) is 0 Å². The lowest BCUT2D eigenvalue weighted by atomic mass is 9.95. The first-order valence-corrected chi connectivity index (χ1v) is 13.8. The molecule has 2 atom stereocenters. The van der Waals surface area contributed by atoms with Gasteiger partial charge in [-0.15, -0.1) is 0 Å². The van der Waals surface area contributed by atoms with E-state index >= 15 is 0 Å². The quantitative estimate of drug-likeness (QED) is 0.227. The molecular formula is C19H40O8S2. The summed E-state index contributed by atoms with van der Waals surface area (Å²) in [7, 11) is -6.81. The second-order valence-electron chi connectivity index (χ2n) is 7.92. The molecule has 2 unspecified atom stereocenters. The van der Waals surface area contributed by atoms with E-state index in [0.717, 1.165) is 44.6 Å². The molecule has 0 saturated carbocycles. The van der Waals surface area contributed by atoms with Gasteiger partial charge >= 0.3 is 0 Å². The van der Waals surface area contributed by atoms with Crippen molar-refractivity contribution in [3.63, 3.8) is 0 Å². The Morgan fingerprint density at radius 1 is 0.621 bits per heavy atom. The smallest absolute Gasteiger partial charge is 0.264 e. The Morgan fingerprint density at radius 3 is 1.34 bits per heavy atom. The molecule has 0 bridgehead atoms. The van der Waals surface area contributed by atoms with Gasteiger partial charge in [0, 0.05) is 13.2 Å². The molecule has 0 aromatic carbocycles. The van der Waals surface area contributed by atoms with Crippen molar-refractivity contribution in [3.8, 4) is 0 Å². The van der Waals surface area contributed by atoms with E-state index in [1.54, 1.807) is 0 Å². The third-order valence-corrected chi connectivity index (χ3v) is 6.17. The minimum absolute atomic E-state index is 0.125. The summed E-state index contributed by atoms with van der Waals surface area (Å²) in [5.41, 5.74) is -0.603. The van der Waals surface area contributed by atoms with E-state index in [9.17, 15) is 16.8 Å². The van der Waals surface area contributed by atoms with Crippen LogP contribution in [0.5, 0.6) is 0 Å². The molecule has 0 aromatic heterocycles. The first-order chi connectivity index (χ1) is 13.2. The van der Waals surface area contributed by atoms with Gasteiger partial charge in [0.2, 0.25) is 0 Å². The predicted molar refractivity (Wildman–Crippen MR) is 114 cm³/mol. The van der Waals surface area contributed by atoms with Crippen molar-refractivity contribution < 1.29 is 34.7 Å². The first kappa shape index (κ1) is 28.7. The summed E-state index contributed by atoms with van der Waals surface area (Å²) in [6, 6.07) is 0. The van der Waals surface area contributed by atoms with Crippen LogP contribution in [0.4, 0.5) is 0 Å². The average Bonchev–Trinajstić information content (AvgIpc) is 2.60. The van der Waals surface area contributed by atoms with Gasteiger partial charge in [-0.3, -0.25) is 8.37 Å². The number of hydrogen-bond donors (Lipinski definition) is 0. The topological polar surface area (TPSA) is 105 Å². The second-order valence-corrected chi connectivity index (χ2v) is 11.2. The van der Waals surface area contributed by atoms with Crippen LogP contribution in [0, 0.1) is 0 Å². The Bertz CT molecular complexity index is 647. The Labute approximate surface area is 177 Å². The van der Waals surface area contributed by atoms with Crippen molar-refractivity contribution >= 4 is 20.2 Å². The number of hydrogen-bond acceptors (Lipinski definition) is 8. The van der Waals surface area contributed by atoms with Crippen LogP contribution in [0.15, 0.2) is 0 Å². The van der Waals surface area contributed by atoms with Gasteiger partial charge in [-0.25, -0.2) is 0 Å². The van der Waals surface area contributed by atoms with E-state index in [0.29, 0.717) is 26.1 Å². The summed E-state index contributed by atoms with van der Waals surface area (Å²) in [4.78, 5) is 0. The molecule has 0 saturated heterocycles. The summed E-state index contributed by atoms with van der Waals surface area (Å²) in [6.07, 6.45) is 7.27. The van der Waals surface area contributed by atoms with Crippen LogP contribution in [-0.2, 0) is 38.1 Å². The summed E-state index contributed by atoms with van der Waals surface area (Å²) >= 11 is 0. The summed E-state index contributed by atoms with van der Waals surface area (Å²) in [6.45, 7) is 9.52. The minimum atomic E-state index is -3.41. The van der Waals surface area contributed by atoms with E-state index in [2.05, 4.69) is 13.8 Å². The fourth-order valence-electron chi connectivity index (χ4n) is 2.71. The normalized spacial score (nSPS) is 17.0. The molecule has 0 aromatic rings. The van der Waals surface area contributed by atoms with Crippen LogP contribution < -0.4 is 0 Å². The van der Waals surface area contributed by atoms with Gasteiger partial charge in [-0.05, 0) is 58.8 Å². The zero-order valence-electron chi connectivity index (χ0n) is 18.9. The van der Waals surface area contributed by atoms with Crippen molar-refractivity contribution in [2.45, 2.75) is 83.8 Å². The van der Waals surface area contributed by atoms with Gasteiger partial charge < -0.3 is 9.47 Å². The highest BCUT2D eigenvalue weighted by Gasteiger charge is 2.25. The Kier molecular flexibility index (Phi) is 13.1. The highest BCUT2D eigenvalue weighted by Crippen LogP contribution is 2.25. The van der Waals surface area contributed by atoms with Crippen LogP contribution in [0.2, 0.25) is 0 Å². The van der Waals surface area contributed by atoms with E-state index in [1.165, 1.54) is 0 Å². The highest BCUT2D eigenvalue weighted by atomic mass is 32.2. The van der Waals surface area contributed by atoms with Crippen LogP contribution in [0.25, 0.3) is 0 Å². The average molecular weight is 461 g/mol. The molecule has 0 amide bonds. The lowest BCUT2D eigenvalue weighted by Crippen LogP contribution is -2.31. The van der Waals surface area contributed by atoms with Crippen molar-refractivity contribution in [3.05, 3.63) is 0 Å². The van der Waals surface area contributed by atoms with Crippen LogP contribution in [0.3, 0.4) is 0 Å². The van der Waals surface area contributed by atoms with E-state index in [4.69, 9.17) is 17.8 Å². The highest BCUT2D eigenvalue weighted by molar-refractivity contribution is 7.86. The molecule has 0 aliphatic rings. The summed E-state index contributed by atoms with van der Waals surface area (Å²) in [5.74, 6) is 0. The third-order valence-electron chi connectivity index (χ3n) is 4.98. The maximum absolute atomic E-state index is 11.0. The van der Waals surface area contributed by atoms with E-state index in [-0.39, 0.29) is 24.4 Å². The number of ether oxygens (including phenoxy) is 2. The Hall–Kier alpha value is -0.260. The van der Waals surface area contributed by atoms with Gasteiger partial charge in [0.15, 0.2) is 0 Å². The fourth-order valence-corrected chi connectivity index (χ4v) is 3.55. The van der Waals surface area contributed by atoms with Crippen LogP contribution in [0.1, 0.15) is 72.6 Å². The molecule has 0 heterocycles. The SMILES string of the molecule is CCC(C)(CCCOC(C)(CC)CCCOS(C)(=O)=O)OCCCOS(C)(=O)=O. The lowest BCUT2D eigenvalue weighted by molar-refractivity contribution is -0.0691. The third kappa shape index (κ3) is 16.1. The first-order valence-electron chi connectivity index (χ1n) is 10.2. The molecule has 0 radical (unpaired) electrons. The minimum Gasteiger partial charge on any atom is -0.375 e. The molecule has 176 valence electrons. The largest absolute Gasteiger partial charge is 0.375 e. The van der Waals surface area contributed by atoms with Gasteiger partial charge in [-0.1, -0.05) is 13.8 Å². The number of rotatable bonds is 18. The molecule has 10 heteroatoms. The van der Waals surface area contributed by atoms with Gasteiger partial charge in [0.1, 0.15) is 0 Å². The molecular weight excluding hydrogens is 420 g/mol. The standard InChI is InChI=1S/C19H40O8S2/c1-7-18(3,25-15-11-17-27-29(6,22)23)12-9-14-24-19(4,8-2)13-10-16-26-28(5,20)21/h7-17H2,1-6H3. The maximum atomic E-state index is 11.0. The lowest BCUT2D eigenvalue weighted by Gasteiger charge is -2.31. The summed E-state index contributed by atoms with van der Waals surface area (Å²) in [5, 5.41) is 0. The van der Waals surface area contributed by atoms with Gasteiger partial charge in [0.05, 0.1) is 36.9 Å². The van der Waals surface area contributed by atoms with Crippen LogP contribution >= 0.6 is 0 Å². The molecule has 8 nitrogen and oxygen atoms in total.